The predicted octanol–water partition coefficient (Wildman–Crippen LogP) is 1.44. The van der Waals surface area contributed by atoms with E-state index in [1.54, 1.807) is 0 Å². The molecule has 1 unspecified atom stereocenters. The Hall–Kier alpha value is 0.0700. The summed E-state index contributed by atoms with van der Waals surface area (Å²) < 4.78 is 15.5. The van der Waals surface area contributed by atoms with Gasteiger partial charge in [-0.3, -0.25) is 0 Å². The van der Waals surface area contributed by atoms with Crippen LogP contribution in [0.3, 0.4) is 0 Å². The highest BCUT2D eigenvalue weighted by Crippen LogP contribution is 2.34. The molecular formula is C10H23N2O3P. The third-order valence-corrected chi connectivity index (χ3v) is 4.30. The lowest BCUT2D eigenvalue weighted by Gasteiger charge is -2.28. The summed E-state index contributed by atoms with van der Waals surface area (Å²) in [4.78, 5) is 11.5. The number of hydrogen-bond donors (Lipinski definition) is 2. The molecule has 1 saturated heterocycles. The zero-order chi connectivity index (χ0) is 12.0. The van der Waals surface area contributed by atoms with E-state index < -0.39 is 7.75 Å². The van der Waals surface area contributed by atoms with Crippen molar-refractivity contribution in [3.05, 3.63) is 0 Å². The van der Waals surface area contributed by atoms with Gasteiger partial charge >= 0.3 is 7.75 Å². The molecule has 0 bridgehead atoms. The molecule has 1 aliphatic rings. The van der Waals surface area contributed by atoms with Crippen LogP contribution in [-0.4, -0.2) is 43.6 Å². The summed E-state index contributed by atoms with van der Waals surface area (Å²) in [7, 11) is -0.119. The highest BCUT2D eigenvalue weighted by atomic mass is 31.2. The Bertz CT molecular complexity index is 242. The smallest absolute Gasteiger partial charge is 0.312 e. The van der Waals surface area contributed by atoms with Crippen LogP contribution in [0.25, 0.3) is 0 Å². The summed E-state index contributed by atoms with van der Waals surface area (Å²) in [6, 6.07) is 0. The van der Waals surface area contributed by atoms with E-state index in [-0.39, 0.29) is 0 Å². The maximum absolute atomic E-state index is 11.1. The fourth-order valence-corrected chi connectivity index (χ4v) is 2.60. The van der Waals surface area contributed by atoms with Crippen molar-refractivity contribution in [3.8, 4) is 0 Å². The molecule has 96 valence electrons. The Balaban J connectivity index is 2.05. The lowest BCUT2D eigenvalue weighted by molar-refractivity contribution is 0.210. The molecule has 1 heterocycles. The second kappa shape index (κ2) is 6.72. The highest BCUT2D eigenvalue weighted by molar-refractivity contribution is 7.50. The Morgan fingerprint density at radius 3 is 2.69 bits per heavy atom. The summed E-state index contributed by atoms with van der Waals surface area (Å²) in [5, 5.41) is 2.54. The van der Waals surface area contributed by atoms with E-state index in [0.29, 0.717) is 6.54 Å². The van der Waals surface area contributed by atoms with E-state index in [1.807, 2.05) is 0 Å². The third kappa shape index (κ3) is 5.41. The van der Waals surface area contributed by atoms with Crippen LogP contribution >= 0.6 is 7.75 Å². The molecule has 0 spiro atoms. The molecule has 0 aromatic heterocycles. The van der Waals surface area contributed by atoms with Gasteiger partial charge in [-0.2, -0.15) is 0 Å². The number of hydrogen-bond acceptors (Lipinski definition) is 3. The number of piperidine rings is 1. The summed E-state index contributed by atoms with van der Waals surface area (Å²) in [6.45, 7) is 2.90. The van der Waals surface area contributed by atoms with Crippen LogP contribution in [-0.2, 0) is 9.09 Å². The first-order chi connectivity index (χ1) is 7.53. The summed E-state index contributed by atoms with van der Waals surface area (Å²) in [5.74, 6) is 0.777. The minimum Gasteiger partial charge on any atom is -0.312 e. The first kappa shape index (κ1) is 14.1. The molecule has 0 saturated carbocycles. The third-order valence-electron chi connectivity index (χ3n) is 3.19. The van der Waals surface area contributed by atoms with E-state index in [1.165, 1.54) is 33.0 Å². The van der Waals surface area contributed by atoms with Gasteiger partial charge in [0.15, 0.2) is 0 Å². The van der Waals surface area contributed by atoms with Crippen molar-refractivity contribution >= 4 is 7.75 Å². The number of nitrogens with one attached hydrogen (secondary N) is 1. The van der Waals surface area contributed by atoms with E-state index in [9.17, 15) is 4.57 Å². The molecule has 0 aliphatic carbocycles. The Morgan fingerprint density at radius 2 is 2.12 bits per heavy atom. The SMILES string of the molecule is COP(=O)(O)NCCCC1CCN(C)CC1. The van der Waals surface area contributed by atoms with Crippen LogP contribution in [0.4, 0.5) is 0 Å². The van der Waals surface area contributed by atoms with Gasteiger partial charge < -0.3 is 14.3 Å². The Morgan fingerprint density at radius 1 is 1.50 bits per heavy atom. The standard InChI is InChI=1S/C10H23N2O3P/c1-12-8-5-10(6-9-12)4-3-7-11-16(13,14)15-2/h10H,3-9H2,1-2H3,(H2,11,13,14). The van der Waals surface area contributed by atoms with Gasteiger partial charge in [-0.15, -0.1) is 0 Å². The zero-order valence-electron chi connectivity index (χ0n) is 10.2. The fraction of sp³-hybridized carbons (Fsp3) is 1.00. The first-order valence-corrected chi connectivity index (χ1v) is 7.43. The highest BCUT2D eigenvalue weighted by Gasteiger charge is 2.18. The molecule has 2 N–H and O–H groups in total. The largest absolute Gasteiger partial charge is 0.402 e. The number of likely N-dealkylation sites (tertiary alicyclic amines) is 1. The van der Waals surface area contributed by atoms with E-state index in [0.717, 1.165) is 18.8 Å². The van der Waals surface area contributed by atoms with Crippen molar-refractivity contribution < 1.29 is 14.0 Å². The van der Waals surface area contributed by atoms with Gasteiger partial charge in [0, 0.05) is 13.7 Å². The second-order valence-corrected chi connectivity index (χ2v) is 6.22. The van der Waals surface area contributed by atoms with Crippen LogP contribution in [0.15, 0.2) is 0 Å². The molecule has 0 aromatic carbocycles. The van der Waals surface area contributed by atoms with Crippen molar-refractivity contribution in [2.75, 3.05) is 33.8 Å². The predicted molar refractivity (Wildman–Crippen MR) is 64.3 cm³/mol. The van der Waals surface area contributed by atoms with Gasteiger partial charge in [0.05, 0.1) is 0 Å². The van der Waals surface area contributed by atoms with Crippen molar-refractivity contribution in [2.24, 2.45) is 5.92 Å². The monoisotopic (exact) mass is 250 g/mol. The van der Waals surface area contributed by atoms with Gasteiger partial charge in [-0.05, 0) is 51.7 Å². The van der Waals surface area contributed by atoms with Crippen molar-refractivity contribution in [1.29, 1.82) is 0 Å². The summed E-state index contributed by atoms with van der Waals surface area (Å²) in [6.07, 6.45) is 4.56. The van der Waals surface area contributed by atoms with Gasteiger partial charge in [0.2, 0.25) is 0 Å². The minimum absolute atomic E-state index is 0.550. The molecule has 1 fully saturated rings. The molecule has 0 amide bonds. The Labute approximate surface area is 97.8 Å². The van der Waals surface area contributed by atoms with E-state index >= 15 is 0 Å². The van der Waals surface area contributed by atoms with E-state index in [4.69, 9.17) is 4.89 Å². The minimum atomic E-state index is -3.51. The molecule has 1 aliphatic heterocycles. The molecule has 16 heavy (non-hydrogen) atoms. The molecule has 5 nitrogen and oxygen atoms in total. The van der Waals surface area contributed by atoms with Gasteiger partial charge in [0.1, 0.15) is 0 Å². The average molecular weight is 250 g/mol. The molecule has 1 atom stereocenters. The summed E-state index contributed by atoms with van der Waals surface area (Å²) in [5.41, 5.74) is 0. The van der Waals surface area contributed by atoms with Crippen LogP contribution in [0, 0.1) is 5.92 Å². The maximum Gasteiger partial charge on any atom is 0.402 e. The normalized spacial score (nSPS) is 23.2. The molecule has 1 rings (SSSR count). The number of nitrogens with zero attached hydrogens (tertiary/aromatic N) is 1. The van der Waals surface area contributed by atoms with Gasteiger partial charge in [-0.25, -0.2) is 9.65 Å². The molecular weight excluding hydrogens is 227 g/mol. The lowest BCUT2D eigenvalue weighted by atomic mass is 9.92. The van der Waals surface area contributed by atoms with Crippen LogP contribution in [0.1, 0.15) is 25.7 Å². The van der Waals surface area contributed by atoms with Gasteiger partial charge in [-0.1, -0.05) is 0 Å². The lowest BCUT2D eigenvalue weighted by Crippen LogP contribution is -2.30. The van der Waals surface area contributed by atoms with Crippen molar-refractivity contribution in [2.45, 2.75) is 25.7 Å². The zero-order valence-corrected chi connectivity index (χ0v) is 11.1. The van der Waals surface area contributed by atoms with Crippen LogP contribution in [0.5, 0.6) is 0 Å². The summed E-state index contributed by atoms with van der Waals surface area (Å²) >= 11 is 0. The topological polar surface area (TPSA) is 61.8 Å². The second-order valence-electron chi connectivity index (χ2n) is 4.50. The molecule has 0 radical (unpaired) electrons. The Kier molecular flexibility index (Phi) is 5.94. The quantitative estimate of drug-likeness (QED) is 0.552. The van der Waals surface area contributed by atoms with Gasteiger partial charge in [0.25, 0.3) is 0 Å². The maximum atomic E-state index is 11.1. The average Bonchev–Trinajstić information content (AvgIpc) is 2.27. The molecule has 6 heteroatoms. The number of rotatable bonds is 6. The van der Waals surface area contributed by atoms with Crippen molar-refractivity contribution in [1.82, 2.24) is 9.99 Å². The van der Waals surface area contributed by atoms with Crippen LogP contribution in [0.2, 0.25) is 0 Å². The molecule has 0 aromatic rings. The fourth-order valence-electron chi connectivity index (χ4n) is 2.03. The first-order valence-electron chi connectivity index (χ1n) is 5.85. The van der Waals surface area contributed by atoms with E-state index in [2.05, 4.69) is 21.6 Å². The van der Waals surface area contributed by atoms with Crippen molar-refractivity contribution in [3.63, 3.8) is 0 Å². The van der Waals surface area contributed by atoms with Crippen LogP contribution < -0.4 is 5.09 Å².